The number of nitrogens with zero attached hydrogens (tertiary/aromatic N) is 2. The zero-order chi connectivity index (χ0) is 17.7. The average Bonchev–Trinajstić information content (AvgIpc) is 2.61. The molecular weight excluding hydrogens is 328 g/mol. The maximum atomic E-state index is 12.7. The highest BCUT2D eigenvalue weighted by atomic mass is 32.2. The van der Waals surface area contributed by atoms with E-state index in [0.717, 1.165) is 12.0 Å². The Bertz CT molecular complexity index is 650. The number of carbonyl (C=O) groups is 1. The second-order valence-electron chi connectivity index (χ2n) is 5.97. The first kappa shape index (κ1) is 18.7. The minimum atomic E-state index is -3.52. The molecule has 6 nitrogen and oxygen atoms in total. The number of sulfonamides is 1. The average molecular weight is 354 g/mol. The molecule has 1 aliphatic rings. The first-order valence-corrected chi connectivity index (χ1v) is 9.86. The van der Waals surface area contributed by atoms with E-state index in [1.807, 2.05) is 12.1 Å². The molecule has 1 aliphatic heterocycles. The molecule has 0 radical (unpaired) electrons. The van der Waals surface area contributed by atoms with Gasteiger partial charge in [0.25, 0.3) is 0 Å². The molecule has 1 fully saturated rings. The number of hydrogen-bond donors (Lipinski definition) is 0. The SMILES string of the molecule is CCOC(=O)N1CCN(S(=O)(=O)c2ccc([C@@H](C)CC)cc2)CC1. The van der Waals surface area contributed by atoms with Gasteiger partial charge in [0.05, 0.1) is 11.5 Å². The molecule has 134 valence electrons. The van der Waals surface area contributed by atoms with Crippen LogP contribution in [-0.4, -0.2) is 56.5 Å². The van der Waals surface area contributed by atoms with Crippen molar-refractivity contribution in [1.82, 2.24) is 9.21 Å². The summed E-state index contributed by atoms with van der Waals surface area (Å²) in [6.45, 7) is 7.58. The van der Waals surface area contributed by atoms with Crippen LogP contribution < -0.4 is 0 Å². The van der Waals surface area contributed by atoms with Crippen molar-refractivity contribution >= 4 is 16.1 Å². The van der Waals surface area contributed by atoms with Crippen LogP contribution in [0.15, 0.2) is 29.2 Å². The molecule has 0 N–H and O–H groups in total. The molecule has 1 atom stereocenters. The zero-order valence-electron chi connectivity index (χ0n) is 14.6. The van der Waals surface area contributed by atoms with E-state index in [9.17, 15) is 13.2 Å². The summed E-state index contributed by atoms with van der Waals surface area (Å²) >= 11 is 0. The fourth-order valence-corrected chi connectivity index (χ4v) is 4.10. The molecule has 0 spiro atoms. The van der Waals surface area contributed by atoms with E-state index < -0.39 is 10.0 Å². The second-order valence-corrected chi connectivity index (χ2v) is 7.91. The van der Waals surface area contributed by atoms with Gasteiger partial charge in [-0.25, -0.2) is 13.2 Å². The lowest BCUT2D eigenvalue weighted by atomic mass is 9.99. The smallest absolute Gasteiger partial charge is 0.409 e. The van der Waals surface area contributed by atoms with E-state index >= 15 is 0 Å². The first-order valence-electron chi connectivity index (χ1n) is 8.42. The van der Waals surface area contributed by atoms with Gasteiger partial charge in [-0.1, -0.05) is 26.0 Å². The Balaban J connectivity index is 2.05. The third-order valence-electron chi connectivity index (χ3n) is 4.46. The van der Waals surface area contributed by atoms with Gasteiger partial charge in [0.15, 0.2) is 0 Å². The largest absolute Gasteiger partial charge is 0.450 e. The summed E-state index contributed by atoms with van der Waals surface area (Å²) < 4.78 is 31.8. The number of piperazine rings is 1. The molecule has 0 aromatic heterocycles. The van der Waals surface area contributed by atoms with Crippen molar-refractivity contribution in [2.75, 3.05) is 32.8 Å². The van der Waals surface area contributed by atoms with E-state index in [-0.39, 0.29) is 19.2 Å². The van der Waals surface area contributed by atoms with Crippen LogP contribution in [0.4, 0.5) is 4.79 Å². The minimum Gasteiger partial charge on any atom is -0.450 e. The summed E-state index contributed by atoms with van der Waals surface area (Å²) in [4.78, 5) is 13.5. The van der Waals surface area contributed by atoms with Gasteiger partial charge in [0, 0.05) is 26.2 Å². The minimum absolute atomic E-state index is 0.286. The van der Waals surface area contributed by atoms with Crippen LogP contribution in [0.25, 0.3) is 0 Å². The molecule has 24 heavy (non-hydrogen) atoms. The number of hydrogen-bond acceptors (Lipinski definition) is 4. The van der Waals surface area contributed by atoms with Crippen LogP contribution in [-0.2, 0) is 14.8 Å². The molecular formula is C17H26N2O4S. The normalized spacial score (nSPS) is 17.5. The third-order valence-corrected chi connectivity index (χ3v) is 6.38. The van der Waals surface area contributed by atoms with Gasteiger partial charge < -0.3 is 9.64 Å². The van der Waals surface area contributed by atoms with Crippen molar-refractivity contribution in [3.8, 4) is 0 Å². The lowest BCUT2D eigenvalue weighted by Gasteiger charge is -2.33. The van der Waals surface area contributed by atoms with Gasteiger partial charge in [-0.3, -0.25) is 0 Å². The number of benzene rings is 1. The maximum absolute atomic E-state index is 12.7. The molecule has 0 aliphatic carbocycles. The highest BCUT2D eigenvalue weighted by Crippen LogP contribution is 2.23. The Kier molecular flexibility index (Phi) is 6.23. The number of amides is 1. The van der Waals surface area contributed by atoms with Crippen molar-refractivity contribution in [2.45, 2.75) is 38.0 Å². The third kappa shape index (κ3) is 4.08. The molecule has 7 heteroatoms. The van der Waals surface area contributed by atoms with Crippen molar-refractivity contribution in [1.29, 1.82) is 0 Å². The molecule has 1 amide bonds. The number of rotatable bonds is 5. The van der Waals surface area contributed by atoms with E-state index in [4.69, 9.17) is 4.74 Å². The first-order chi connectivity index (χ1) is 11.4. The van der Waals surface area contributed by atoms with Crippen LogP contribution in [0.1, 0.15) is 38.7 Å². The van der Waals surface area contributed by atoms with Crippen LogP contribution in [0.2, 0.25) is 0 Å². The maximum Gasteiger partial charge on any atom is 0.409 e. The monoisotopic (exact) mass is 354 g/mol. The lowest BCUT2D eigenvalue weighted by Crippen LogP contribution is -2.50. The Morgan fingerprint density at radius 2 is 1.71 bits per heavy atom. The van der Waals surface area contributed by atoms with Crippen molar-refractivity contribution < 1.29 is 17.9 Å². The van der Waals surface area contributed by atoms with Gasteiger partial charge in [0.2, 0.25) is 10.0 Å². The zero-order valence-corrected chi connectivity index (χ0v) is 15.4. The molecule has 2 rings (SSSR count). The molecule has 0 bridgehead atoms. The van der Waals surface area contributed by atoms with Gasteiger partial charge in [-0.05, 0) is 37.0 Å². The van der Waals surface area contributed by atoms with Crippen LogP contribution in [0, 0.1) is 0 Å². The molecule has 0 saturated carbocycles. The molecule has 0 unspecified atom stereocenters. The van der Waals surface area contributed by atoms with Crippen molar-refractivity contribution in [2.24, 2.45) is 0 Å². The molecule has 1 saturated heterocycles. The Morgan fingerprint density at radius 1 is 1.12 bits per heavy atom. The van der Waals surface area contributed by atoms with E-state index in [0.29, 0.717) is 30.5 Å². The highest BCUT2D eigenvalue weighted by Gasteiger charge is 2.30. The summed E-state index contributed by atoms with van der Waals surface area (Å²) in [5.74, 6) is 0.412. The summed E-state index contributed by atoms with van der Waals surface area (Å²) in [5, 5.41) is 0. The number of ether oxygens (including phenoxy) is 1. The topological polar surface area (TPSA) is 66.9 Å². The second kappa shape index (κ2) is 7.98. The fraction of sp³-hybridized carbons (Fsp3) is 0.588. The molecule has 1 aromatic carbocycles. The summed E-state index contributed by atoms with van der Waals surface area (Å²) in [5.41, 5.74) is 1.14. The standard InChI is InChI=1S/C17H26N2O4S/c1-4-14(3)15-6-8-16(9-7-15)24(21,22)19-12-10-18(11-13-19)17(20)23-5-2/h6-9,14H,4-5,10-13H2,1-3H3/t14-/m0/s1. The Morgan fingerprint density at radius 3 is 2.21 bits per heavy atom. The molecule has 1 heterocycles. The van der Waals surface area contributed by atoms with Crippen molar-refractivity contribution in [3.05, 3.63) is 29.8 Å². The van der Waals surface area contributed by atoms with E-state index in [2.05, 4.69) is 13.8 Å². The summed E-state index contributed by atoms with van der Waals surface area (Å²) in [7, 11) is -3.52. The fourth-order valence-electron chi connectivity index (χ4n) is 2.68. The van der Waals surface area contributed by atoms with Gasteiger partial charge >= 0.3 is 6.09 Å². The Hall–Kier alpha value is -1.60. The van der Waals surface area contributed by atoms with Crippen molar-refractivity contribution in [3.63, 3.8) is 0 Å². The molecule has 1 aromatic rings. The van der Waals surface area contributed by atoms with Gasteiger partial charge in [0.1, 0.15) is 0 Å². The van der Waals surface area contributed by atoms with Gasteiger partial charge in [-0.15, -0.1) is 0 Å². The Labute approximate surface area is 144 Å². The predicted molar refractivity (Wildman–Crippen MR) is 92.5 cm³/mol. The van der Waals surface area contributed by atoms with Crippen LogP contribution in [0.3, 0.4) is 0 Å². The highest BCUT2D eigenvalue weighted by molar-refractivity contribution is 7.89. The summed E-state index contributed by atoms with van der Waals surface area (Å²) in [6, 6.07) is 7.12. The van der Waals surface area contributed by atoms with E-state index in [1.165, 1.54) is 4.31 Å². The van der Waals surface area contributed by atoms with Crippen LogP contribution in [0.5, 0.6) is 0 Å². The lowest BCUT2D eigenvalue weighted by molar-refractivity contribution is 0.0934. The quantitative estimate of drug-likeness (QED) is 0.815. The summed E-state index contributed by atoms with van der Waals surface area (Å²) in [6.07, 6.45) is 0.634. The predicted octanol–water partition coefficient (Wildman–Crippen LogP) is 2.66. The van der Waals surface area contributed by atoms with E-state index in [1.54, 1.807) is 24.0 Å². The van der Waals surface area contributed by atoms with Gasteiger partial charge in [-0.2, -0.15) is 4.31 Å². The number of carbonyl (C=O) groups excluding carboxylic acids is 1. The van der Waals surface area contributed by atoms with Crippen LogP contribution >= 0.6 is 0 Å².